The standard InChI is InChI=1S/C16H19NO4/c1-3-12(2)20-11-15(18)17-14(10-21-16(17)19)9-13-7-5-4-6-8-13/h3-8,12,14H,1,9-11H2,2H3. The van der Waals surface area contributed by atoms with E-state index in [1.54, 1.807) is 13.0 Å². The number of ether oxygens (including phenoxy) is 2. The zero-order chi connectivity index (χ0) is 15.2. The summed E-state index contributed by atoms with van der Waals surface area (Å²) >= 11 is 0. The Balaban J connectivity index is 1.99. The van der Waals surface area contributed by atoms with Crippen molar-refractivity contribution in [2.45, 2.75) is 25.5 Å². The SMILES string of the molecule is C=CC(C)OCC(=O)N1C(=O)OCC1Cc1ccccc1. The number of rotatable bonds is 6. The van der Waals surface area contributed by atoms with Crippen molar-refractivity contribution in [3.8, 4) is 0 Å². The summed E-state index contributed by atoms with van der Waals surface area (Å²) in [5.74, 6) is -0.382. The summed E-state index contributed by atoms with van der Waals surface area (Å²) in [6.45, 7) is 5.42. The third kappa shape index (κ3) is 3.92. The van der Waals surface area contributed by atoms with Crippen LogP contribution in [-0.4, -0.2) is 42.3 Å². The highest BCUT2D eigenvalue weighted by Crippen LogP contribution is 2.17. The molecule has 1 aromatic rings. The maximum atomic E-state index is 12.1. The molecule has 0 aliphatic carbocycles. The lowest BCUT2D eigenvalue weighted by Crippen LogP contribution is -2.42. The second-order valence-electron chi connectivity index (χ2n) is 4.94. The first kappa shape index (κ1) is 15.3. The van der Waals surface area contributed by atoms with Crippen LogP contribution in [-0.2, 0) is 20.7 Å². The van der Waals surface area contributed by atoms with E-state index in [-0.39, 0.29) is 31.3 Å². The molecule has 1 saturated heterocycles. The number of hydrogen-bond acceptors (Lipinski definition) is 4. The van der Waals surface area contributed by atoms with Crippen molar-refractivity contribution in [1.29, 1.82) is 0 Å². The molecule has 1 aromatic carbocycles. The summed E-state index contributed by atoms with van der Waals surface area (Å²) in [4.78, 5) is 25.0. The number of cyclic esters (lactones) is 1. The molecule has 1 fully saturated rings. The largest absolute Gasteiger partial charge is 0.447 e. The Labute approximate surface area is 124 Å². The van der Waals surface area contributed by atoms with Gasteiger partial charge in [-0.2, -0.15) is 0 Å². The first-order chi connectivity index (χ1) is 10.1. The molecular weight excluding hydrogens is 270 g/mol. The van der Waals surface area contributed by atoms with Crippen molar-refractivity contribution in [3.63, 3.8) is 0 Å². The number of carbonyl (C=O) groups excluding carboxylic acids is 2. The molecule has 0 saturated carbocycles. The van der Waals surface area contributed by atoms with Gasteiger partial charge in [0.05, 0.1) is 12.1 Å². The molecule has 5 nitrogen and oxygen atoms in total. The summed E-state index contributed by atoms with van der Waals surface area (Å²) in [5, 5.41) is 0. The van der Waals surface area contributed by atoms with Crippen molar-refractivity contribution < 1.29 is 19.1 Å². The molecule has 2 atom stereocenters. The summed E-state index contributed by atoms with van der Waals surface area (Å²) in [6, 6.07) is 9.41. The monoisotopic (exact) mass is 289 g/mol. The number of hydrogen-bond donors (Lipinski definition) is 0. The van der Waals surface area contributed by atoms with E-state index in [1.165, 1.54) is 0 Å². The number of carbonyl (C=O) groups is 2. The average molecular weight is 289 g/mol. The molecule has 5 heteroatoms. The van der Waals surface area contributed by atoms with Gasteiger partial charge in [-0.25, -0.2) is 9.69 Å². The highest BCUT2D eigenvalue weighted by Gasteiger charge is 2.37. The van der Waals surface area contributed by atoms with Crippen LogP contribution >= 0.6 is 0 Å². The van der Waals surface area contributed by atoms with Crippen LogP contribution in [0.5, 0.6) is 0 Å². The zero-order valence-corrected chi connectivity index (χ0v) is 12.0. The van der Waals surface area contributed by atoms with Gasteiger partial charge in [-0.15, -0.1) is 6.58 Å². The zero-order valence-electron chi connectivity index (χ0n) is 12.0. The second kappa shape index (κ2) is 7.04. The lowest BCUT2D eigenvalue weighted by Gasteiger charge is -2.20. The van der Waals surface area contributed by atoms with Gasteiger partial charge in [0.25, 0.3) is 5.91 Å². The molecule has 112 valence electrons. The summed E-state index contributed by atoms with van der Waals surface area (Å²) in [6.07, 6.45) is 1.34. The van der Waals surface area contributed by atoms with E-state index < -0.39 is 6.09 Å². The fourth-order valence-electron chi connectivity index (χ4n) is 2.14. The van der Waals surface area contributed by atoms with E-state index in [2.05, 4.69) is 6.58 Å². The van der Waals surface area contributed by atoms with E-state index in [4.69, 9.17) is 9.47 Å². The molecule has 0 radical (unpaired) electrons. The van der Waals surface area contributed by atoms with Gasteiger partial charge in [0.1, 0.15) is 13.2 Å². The Hall–Kier alpha value is -2.14. The Morgan fingerprint density at radius 1 is 1.52 bits per heavy atom. The minimum absolute atomic E-state index is 0.159. The molecule has 2 amide bonds. The lowest BCUT2D eigenvalue weighted by molar-refractivity contribution is -0.135. The summed E-state index contributed by atoms with van der Waals surface area (Å²) in [7, 11) is 0. The van der Waals surface area contributed by atoms with Gasteiger partial charge in [0, 0.05) is 0 Å². The number of nitrogens with zero attached hydrogens (tertiary/aromatic N) is 1. The van der Waals surface area contributed by atoms with Crippen LogP contribution in [0, 0.1) is 0 Å². The Morgan fingerprint density at radius 2 is 2.24 bits per heavy atom. The Kier molecular flexibility index (Phi) is 5.11. The third-order valence-electron chi connectivity index (χ3n) is 3.35. The molecule has 0 spiro atoms. The van der Waals surface area contributed by atoms with Gasteiger partial charge in [0.2, 0.25) is 0 Å². The van der Waals surface area contributed by atoms with Gasteiger partial charge < -0.3 is 9.47 Å². The normalized spacial score (nSPS) is 19.2. The molecule has 0 aromatic heterocycles. The van der Waals surface area contributed by atoms with Crippen LogP contribution in [0.4, 0.5) is 4.79 Å². The van der Waals surface area contributed by atoms with E-state index in [1.807, 2.05) is 30.3 Å². The highest BCUT2D eigenvalue weighted by molar-refractivity contribution is 5.94. The lowest BCUT2D eigenvalue weighted by atomic mass is 10.1. The fraction of sp³-hybridized carbons (Fsp3) is 0.375. The first-order valence-corrected chi connectivity index (χ1v) is 6.88. The van der Waals surface area contributed by atoms with E-state index in [9.17, 15) is 9.59 Å². The predicted molar refractivity (Wildman–Crippen MR) is 77.7 cm³/mol. The van der Waals surface area contributed by atoms with Crippen molar-refractivity contribution >= 4 is 12.0 Å². The van der Waals surface area contributed by atoms with Crippen LogP contribution in [0.1, 0.15) is 12.5 Å². The first-order valence-electron chi connectivity index (χ1n) is 6.88. The van der Waals surface area contributed by atoms with E-state index in [0.717, 1.165) is 10.5 Å². The summed E-state index contributed by atoms with van der Waals surface area (Å²) < 4.78 is 10.3. The number of benzene rings is 1. The van der Waals surface area contributed by atoms with Gasteiger partial charge in [0.15, 0.2) is 0 Å². The molecule has 1 aliphatic heterocycles. The molecular formula is C16H19NO4. The van der Waals surface area contributed by atoms with E-state index >= 15 is 0 Å². The van der Waals surface area contributed by atoms with Crippen LogP contribution in [0.15, 0.2) is 43.0 Å². The van der Waals surface area contributed by atoms with Crippen LogP contribution in [0.3, 0.4) is 0 Å². The maximum Gasteiger partial charge on any atom is 0.417 e. The molecule has 1 aliphatic rings. The van der Waals surface area contributed by atoms with Crippen LogP contribution in [0.25, 0.3) is 0 Å². The van der Waals surface area contributed by atoms with Crippen molar-refractivity contribution in [2.24, 2.45) is 0 Å². The summed E-state index contributed by atoms with van der Waals surface area (Å²) in [5.41, 5.74) is 1.05. The molecule has 2 rings (SSSR count). The minimum atomic E-state index is -0.601. The van der Waals surface area contributed by atoms with Gasteiger partial charge in [-0.05, 0) is 18.9 Å². The maximum absolute atomic E-state index is 12.1. The van der Waals surface area contributed by atoms with Crippen molar-refractivity contribution in [2.75, 3.05) is 13.2 Å². The van der Waals surface area contributed by atoms with Crippen molar-refractivity contribution in [3.05, 3.63) is 48.6 Å². The third-order valence-corrected chi connectivity index (χ3v) is 3.35. The van der Waals surface area contributed by atoms with Gasteiger partial charge >= 0.3 is 6.09 Å². The molecule has 1 heterocycles. The van der Waals surface area contributed by atoms with Gasteiger partial charge in [-0.3, -0.25) is 4.79 Å². The quantitative estimate of drug-likeness (QED) is 0.753. The topological polar surface area (TPSA) is 55.8 Å². The van der Waals surface area contributed by atoms with E-state index in [0.29, 0.717) is 6.42 Å². The number of amides is 2. The highest BCUT2D eigenvalue weighted by atomic mass is 16.6. The average Bonchev–Trinajstić information content (AvgIpc) is 2.86. The van der Waals surface area contributed by atoms with Gasteiger partial charge in [-0.1, -0.05) is 36.4 Å². The fourth-order valence-corrected chi connectivity index (χ4v) is 2.14. The smallest absolute Gasteiger partial charge is 0.417 e. The minimum Gasteiger partial charge on any atom is -0.447 e. The Morgan fingerprint density at radius 3 is 2.90 bits per heavy atom. The van der Waals surface area contributed by atoms with Crippen LogP contribution in [0.2, 0.25) is 0 Å². The Bertz CT molecular complexity index is 514. The molecule has 0 N–H and O–H groups in total. The second-order valence-corrected chi connectivity index (χ2v) is 4.94. The van der Waals surface area contributed by atoms with Crippen molar-refractivity contribution in [1.82, 2.24) is 4.90 Å². The molecule has 0 bridgehead atoms. The molecule has 2 unspecified atom stereocenters. The van der Waals surface area contributed by atoms with Crippen LogP contribution < -0.4 is 0 Å². The predicted octanol–water partition coefficient (Wildman–Crippen LogP) is 2.17. The molecule has 21 heavy (non-hydrogen) atoms. The number of imide groups is 1.